The molecule has 162 valence electrons. The van der Waals surface area contributed by atoms with Gasteiger partial charge in [-0.1, -0.05) is 94.2 Å². The predicted molar refractivity (Wildman–Crippen MR) is 129 cm³/mol. The second-order valence-electron chi connectivity index (χ2n) is 9.66. The van der Waals surface area contributed by atoms with E-state index in [0.717, 1.165) is 5.71 Å². The third kappa shape index (κ3) is 4.71. The molecule has 2 N–H and O–H groups in total. The Labute approximate surface area is 183 Å². The first kappa shape index (κ1) is 21.3. The number of rotatable bonds is 3. The van der Waals surface area contributed by atoms with E-state index in [-0.39, 0.29) is 0 Å². The van der Waals surface area contributed by atoms with Crippen molar-refractivity contribution < 1.29 is 0 Å². The molecule has 0 amide bonds. The van der Waals surface area contributed by atoms with Crippen molar-refractivity contribution in [1.29, 1.82) is 0 Å². The van der Waals surface area contributed by atoms with Crippen molar-refractivity contribution in [2.45, 2.75) is 96.1 Å². The number of aliphatic imine (C=N–C) groups is 2. The number of hydrogen-bond donors (Lipinski definition) is 1. The molecular formula is C27H39N3. The van der Waals surface area contributed by atoms with Crippen LogP contribution in [0.25, 0.3) is 0 Å². The van der Waals surface area contributed by atoms with Gasteiger partial charge in [-0.15, -0.1) is 0 Å². The second-order valence-corrected chi connectivity index (χ2v) is 9.66. The minimum atomic E-state index is -0.525. The maximum atomic E-state index is 6.29. The van der Waals surface area contributed by atoms with Crippen LogP contribution in [0.1, 0.15) is 90.4 Å². The van der Waals surface area contributed by atoms with Crippen LogP contribution in [0, 0.1) is 11.8 Å². The molecule has 0 bridgehead atoms. The molecular weight excluding hydrogens is 366 g/mol. The molecule has 1 aliphatic heterocycles. The van der Waals surface area contributed by atoms with E-state index >= 15 is 0 Å². The van der Waals surface area contributed by atoms with Gasteiger partial charge in [0.25, 0.3) is 0 Å². The normalized spacial score (nSPS) is 29.6. The van der Waals surface area contributed by atoms with E-state index in [1.54, 1.807) is 0 Å². The zero-order valence-corrected chi connectivity index (χ0v) is 18.8. The molecule has 0 spiro atoms. The zero-order valence-electron chi connectivity index (χ0n) is 18.8. The Morgan fingerprint density at radius 3 is 2.00 bits per heavy atom. The summed E-state index contributed by atoms with van der Waals surface area (Å²) in [6.07, 6.45) is 30.8. The Morgan fingerprint density at radius 2 is 1.37 bits per heavy atom. The summed E-state index contributed by atoms with van der Waals surface area (Å²) in [5.41, 5.74) is 9.35. The fraction of sp³-hybridized carbons (Fsp3) is 0.630. The van der Waals surface area contributed by atoms with E-state index < -0.39 is 5.66 Å². The molecule has 0 aromatic carbocycles. The Morgan fingerprint density at radius 1 is 0.767 bits per heavy atom. The lowest BCUT2D eigenvalue weighted by molar-refractivity contribution is 0.304. The number of nitrogens with zero attached hydrogens (tertiary/aromatic N) is 2. The second kappa shape index (κ2) is 9.94. The van der Waals surface area contributed by atoms with E-state index in [4.69, 9.17) is 15.7 Å². The molecule has 2 saturated carbocycles. The Balaban J connectivity index is 1.68. The first-order valence-corrected chi connectivity index (χ1v) is 12.4. The molecule has 3 heteroatoms. The Hall–Kier alpha value is -1.90. The van der Waals surface area contributed by atoms with Crippen molar-refractivity contribution >= 4 is 11.5 Å². The molecule has 0 radical (unpaired) electrons. The van der Waals surface area contributed by atoms with Crippen molar-refractivity contribution in [2.75, 3.05) is 0 Å². The van der Waals surface area contributed by atoms with Gasteiger partial charge < -0.3 is 5.73 Å². The summed E-state index contributed by atoms with van der Waals surface area (Å²) in [5, 5.41) is 0. The lowest BCUT2D eigenvalue weighted by atomic mass is 9.80. The third-order valence-corrected chi connectivity index (χ3v) is 7.56. The first-order chi connectivity index (χ1) is 14.7. The smallest absolute Gasteiger partial charge is 0.181 e. The van der Waals surface area contributed by atoms with Crippen LogP contribution in [0.2, 0.25) is 0 Å². The molecule has 4 aliphatic rings. The molecule has 3 aliphatic carbocycles. The van der Waals surface area contributed by atoms with Crippen LogP contribution >= 0.6 is 0 Å². The highest BCUT2D eigenvalue weighted by atomic mass is 15.2. The molecule has 4 rings (SSSR count). The van der Waals surface area contributed by atoms with Gasteiger partial charge in [0.1, 0.15) is 5.84 Å². The zero-order chi connectivity index (χ0) is 20.8. The van der Waals surface area contributed by atoms with E-state index in [9.17, 15) is 0 Å². The Bertz CT molecular complexity index is 759. The van der Waals surface area contributed by atoms with Gasteiger partial charge in [-0.3, -0.25) is 4.99 Å². The number of nitrogens with two attached hydrogens (primary N) is 1. The highest BCUT2D eigenvalue weighted by Gasteiger charge is 2.44. The van der Waals surface area contributed by atoms with Gasteiger partial charge >= 0.3 is 0 Å². The standard InChI is InChI=1S/C27H39N3/c1-21-26(28)30-27(29-21,24-16-9-5-6-10-17-24)25-18-12-11-15-23(19-20-25)22-13-7-3-2-4-8-14-22/h11-12,15,18-20,22,24H,2-10,13-14,16-17H2,1H3,(H2,28,30). The van der Waals surface area contributed by atoms with Gasteiger partial charge in [0.15, 0.2) is 5.66 Å². The molecule has 0 aromatic heterocycles. The summed E-state index contributed by atoms with van der Waals surface area (Å²) in [7, 11) is 0. The van der Waals surface area contributed by atoms with Gasteiger partial charge in [-0.05, 0) is 44.1 Å². The van der Waals surface area contributed by atoms with Gasteiger partial charge in [0.05, 0.1) is 5.71 Å². The topological polar surface area (TPSA) is 50.7 Å². The van der Waals surface area contributed by atoms with Crippen molar-refractivity contribution in [1.82, 2.24) is 0 Å². The van der Waals surface area contributed by atoms with Crippen LogP contribution in [0.5, 0.6) is 0 Å². The molecule has 1 unspecified atom stereocenters. The largest absolute Gasteiger partial charge is 0.382 e. The average molecular weight is 406 g/mol. The van der Waals surface area contributed by atoms with Crippen LogP contribution < -0.4 is 5.73 Å². The third-order valence-electron chi connectivity index (χ3n) is 7.56. The number of amidine groups is 1. The van der Waals surface area contributed by atoms with Gasteiger partial charge in [0.2, 0.25) is 0 Å². The molecule has 0 saturated heterocycles. The Kier molecular flexibility index (Phi) is 7.07. The van der Waals surface area contributed by atoms with Crippen LogP contribution in [0.3, 0.4) is 0 Å². The van der Waals surface area contributed by atoms with Crippen molar-refractivity contribution in [3.8, 4) is 0 Å². The van der Waals surface area contributed by atoms with Crippen molar-refractivity contribution in [3.05, 3.63) is 47.6 Å². The minimum absolute atomic E-state index is 0.438. The average Bonchev–Trinajstić information content (AvgIpc) is 2.87. The summed E-state index contributed by atoms with van der Waals surface area (Å²) in [6, 6.07) is 0. The summed E-state index contributed by atoms with van der Waals surface area (Å²) < 4.78 is 0. The maximum absolute atomic E-state index is 6.29. The quantitative estimate of drug-likeness (QED) is 0.514. The van der Waals surface area contributed by atoms with E-state index in [2.05, 4.69) is 36.5 Å². The maximum Gasteiger partial charge on any atom is 0.181 e. The number of hydrogen-bond acceptors (Lipinski definition) is 3. The fourth-order valence-corrected chi connectivity index (χ4v) is 5.76. The highest BCUT2D eigenvalue weighted by Crippen LogP contribution is 2.43. The summed E-state index contributed by atoms with van der Waals surface area (Å²) >= 11 is 0. The van der Waals surface area contributed by atoms with Crippen LogP contribution in [-0.4, -0.2) is 17.2 Å². The summed E-state index contributed by atoms with van der Waals surface area (Å²) in [5.74, 6) is 1.74. The monoisotopic (exact) mass is 405 g/mol. The van der Waals surface area contributed by atoms with Crippen LogP contribution in [0.4, 0.5) is 0 Å². The number of allylic oxidation sites excluding steroid dienone is 6. The molecule has 1 heterocycles. The van der Waals surface area contributed by atoms with Crippen molar-refractivity contribution in [2.24, 2.45) is 27.6 Å². The summed E-state index contributed by atoms with van der Waals surface area (Å²) in [4.78, 5) is 10.2. The first-order valence-electron chi connectivity index (χ1n) is 12.4. The van der Waals surface area contributed by atoms with Gasteiger partial charge in [-0.25, -0.2) is 4.99 Å². The lowest BCUT2D eigenvalue weighted by Crippen LogP contribution is -2.35. The van der Waals surface area contributed by atoms with E-state index in [1.165, 1.54) is 94.6 Å². The van der Waals surface area contributed by atoms with E-state index in [1.807, 2.05) is 6.92 Å². The van der Waals surface area contributed by atoms with E-state index in [0.29, 0.717) is 17.7 Å². The molecule has 1 atom stereocenters. The lowest BCUT2D eigenvalue weighted by Gasteiger charge is -2.33. The fourth-order valence-electron chi connectivity index (χ4n) is 5.76. The predicted octanol–water partition coefficient (Wildman–Crippen LogP) is 6.82. The van der Waals surface area contributed by atoms with Crippen molar-refractivity contribution in [3.63, 3.8) is 0 Å². The molecule has 30 heavy (non-hydrogen) atoms. The van der Waals surface area contributed by atoms with Gasteiger partial charge in [-0.2, -0.15) is 0 Å². The molecule has 0 aromatic rings. The van der Waals surface area contributed by atoms with Crippen LogP contribution in [0.15, 0.2) is 57.6 Å². The highest BCUT2D eigenvalue weighted by molar-refractivity contribution is 6.41. The minimum Gasteiger partial charge on any atom is -0.382 e. The summed E-state index contributed by atoms with van der Waals surface area (Å²) in [6.45, 7) is 2.01. The molecule has 3 nitrogen and oxygen atoms in total. The molecule has 2 fully saturated rings. The van der Waals surface area contributed by atoms with Crippen LogP contribution in [-0.2, 0) is 0 Å². The SMILES string of the molecule is CC1=NC(C2=CC=C(C3CCCCCCC3)C=CC=C2)(C2CCCCCC2)N=C1N. The van der Waals surface area contributed by atoms with Gasteiger partial charge in [0, 0.05) is 11.5 Å².